The number of nitrogens with one attached hydrogen (secondary N) is 1. The Bertz CT molecular complexity index is 1350. The molecule has 0 saturated heterocycles. The number of nitro benzene ring substituents is 1. The van der Waals surface area contributed by atoms with Crippen LogP contribution in [0.4, 0.5) is 10.5 Å². The normalized spacial score (nSPS) is 18.7. The molecule has 3 atom stereocenters. The van der Waals surface area contributed by atoms with Crippen molar-refractivity contribution >= 4 is 21.8 Å². The van der Waals surface area contributed by atoms with Crippen LogP contribution >= 0.6 is 0 Å². The third-order valence-corrected chi connectivity index (χ3v) is 6.43. The molecule has 2 rings (SSSR count). The van der Waals surface area contributed by atoms with Crippen LogP contribution in [0.1, 0.15) is 48.3 Å². The summed E-state index contributed by atoms with van der Waals surface area (Å²) in [5.74, 6) is -3.05. The molecule has 0 heterocycles. The molecule has 0 aliphatic heterocycles. The highest BCUT2D eigenvalue weighted by Gasteiger charge is 2.32. The Hall–Kier alpha value is -3.02. The van der Waals surface area contributed by atoms with E-state index in [1.54, 1.807) is 51.1 Å². The monoisotopic (exact) mass is 527 g/mol. The Morgan fingerprint density at radius 1 is 1.25 bits per heavy atom. The topological polar surface area (TPSA) is 139 Å². The molecule has 198 valence electrons. The first-order valence-corrected chi connectivity index (χ1v) is 12.4. The van der Waals surface area contributed by atoms with Gasteiger partial charge < -0.3 is 15.2 Å². The molecule has 0 bridgehead atoms. The molecular formula is C25H35N3O7S. The third kappa shape index (κ3) is 8.89. The number of aliphatic hydroxyl groups excluding tert-OH is 1. The second kappa shape index (κ2) is 12.3. The fourth-order valence-corrected chi connectivity index (χ4v) is 4.51. The number of amides is 1. The maximum atomic E-state index is 13.8. The average molecular weight is 528 g/mol. The van der Waals surface area contributed by atoms with E-state index in [4.69, 9.17) is 13.0 Å². The molecule has 11 heteroatoms. The van der Waals surface area contributed by atoms with Crippen LogP contribution in [0.25, 0.3) is 0 Å². The lowest BCUT2D eigenvalue weighted by atomic mass is 10.0. The molecule has 2 N–H and O–H groups in total. The van der Waals surface area contributed by atoms with Gasteiger partial charge in [-0.05, 0) is 50.8 Å². The number of carbonyl (C=O) groups excluding carboxylic acids is 1. The lowest BCUT2D eigenvalue weighted by molar-refractivity contribution is -0.384. The number of benzene rings is 2. The van der Waals surface area contributed by atoms with Crippen LogP contribution in [-0.4, -0.2) is 59.6 Å². The first-order valence-electron chi connectivity index (χ1n) is 14.0. The Balaban J connectivity index is 2.62. The molecule has 0 aliphatic carbocycles. The van der Waals surface area contributed by atoms with Gasteiger partial charge in [0.05, 0.1) is 22.0 Å². The van der Waals surface area contributed by atoms with Crippen molar-refractivity contribution in [1.29, 1.82) is 0 Å². The summed E-state index contributed by atoms with van der Waals surface area (Å²) in [6.45, 7) is -2.40. The Morgan fingerprint density at radius 3 is 2.39 bits per heavy atom. The van der Waals surface area contributed by atoms with Crippen molar-refractivity contribution in [3.8, 4) is 0 Å². The van der Waals surface area contributed by atoms with Gasteiger partial charge in [0.15, 0.2) is 0 Å². The molecule has 0 aromatic heterocycles. The first kappa shape index (κ1) is 21.1. The van der Waals surface area contributed by atoms with E-state index in [1.165, 1.54) is 0 Å². The van der Waals surface area contributed by atoms with Crippen LogP contribution < -0.4 is 5.32 Å². The summed E-state index contributed by atoms with van der Waals surface area (Å²) in [7, 11) is -5.04. The Kier molecular flexibility index (Phi) is 7.20. The number of carbonyl (C=O) groups is 1. The average Bonchev–Trinajstić information content (AvgIpc) is 2.85. The van der Waals surface area contributed by atoms with Gasteiger partial charge in [-0.1, -0.05) is 44.1 Å². The summed E-state index contributed by atoms with van der Waals surface area (Å²) in [4.78, 5) is 22.3. The van der Waals surface area contributed by atoms with Crippen LogP contribution in [0.2, 0.25) is 0 Å². The van der Waals surface area contributed by atoms with Crippen molar-refractivity contribution < 1.29 is 36.2 Å². The van der Waals surface area contributed by atoms with E-state index >= 15 is 0 Å². The van der Waals surface area contributed by atoms with Crippen LogP contribution in [0.3, 0.4) is 0 Å². The van der Waals surface area contributed by atoms with Gasteiger partial charge in [-0.3, -0.25) is 10.1 Å². The molecule has 1 amide bonds. The van der Waals surface area contributed by atoms with Gasteiger partial charge in [0.25, 0.3) is 5.69 Å². The van der Waals surface area contributed by atoms with Crippen molar-refractivity contribution in [2.45, 2.75) is 63.6 Å². The predicted molar refractivity (Wildman–Crippen MR) is 136 cm³/mol. The zero-order chi connectivity index (χ0) is 32.3. The van der Waals surface area contributed by atoms with Gasteiger partial charge in [-0.2, -0.15) is 4.31 Å². The largest absolute Gasteiger partial charge is 0.444 e. The van der Waals surface area contributed by atoms with E-state index in [0.717, 1.165) is 24.3 Å². The maximum Gasteiger partial charge on any atom is 0.407 e. The predicted octanol–water partition coefficient (Wildman–Crippen LogP) is 3.74. The van der Waals surface area contributed by atoms with Crippen molar-refractivity contribution in [2.75, 3.05) is 13.0 Å². The van der Waals surface area contributed by atoms with E-state index < -0.39 is 75.2 Å². The number of non-ortho nitro benzene ring substituents is 1. The van der Waals surface area contributed by atoms with Crippen molar-refractivity contribution in [3.63, 3.8) is 0 Å². The molecule has 2 aromatic rings. The van der Waals surface area contributed by atoms with Gasteiger partial charge in [0, 0.05) is 33.4 Å². The SMILES string of the molecule is [2H]C([2H])([2H])C([2H])(C)C([2H])([2H])N(C[C@@H](O)[C@H](Cc1ccccc1)NC(=O)OC(C)(C)C)S(=O)(=O)c1ccc([N+](=O)[O-])cc1. The van der Waals surface area contributed by atoms with E-state index in [2.05, 4.69) is 5.32 Å². The fourth-order valence-electron chi connectivity index (χ4n) is 3.17. The van der Waals surface area contributed by atoms with Gasteiger partial charge in [0.1, 0.15) is 5.60 Å². The molecule has 0 aliphatic rings. The van der Waals surface area contributed by atoms with Gasteiger partial charge in [-0.25, -0.2) is 13.2 Å². The molecule has 0 fully saturated rings. The van der Waals surface area contributed by atoms with Gasteiger partial charge >= 0.3 is 6.09 Å². The first-order chi connectivity index (χ1) is 19.0. The van der Waals surface area contributed by atoms with Crippen LogP contribution in [0, 0.1) is 16.0 Å². The molecule has 10 nitrogen and oxygen atoms in total. The minimum absolute atomic E-state index is 0.0416. The minimum atomic E-state index is -5.04. The van der Waals surface area contributed by atoms with E-state index in [0.29, 0.717) is 12.5 Å². The van der Waals surface area contributed by atoms with E-state index in [1.807, 2.05) is 0 Å². The zero-order valence-corrected chi connectivity index (χ0v) is 21.3. The highest BCUT2D eigenvalue weighted by molar-refractivity contribution is 7.89. The summed E-state index contributed by atoms with van der Waals surface area (Å²) in [6, 6.07) is 10.6. The number of ether oxygens (including phenoxy) is 1. The molecule has 2 aromatic carbocycles. The zero-order valence-electron chi connectivity index (χ0n) is 26.5. The second-order valence-corrected chi connectivity index (χ2v) is 10.9. The van der Waals surface area contributed by atoms with Crippen molar-refractivity contribution in [2.24, 2.45) is 5.89 Å². The smallest absolute Gasteiger partial charge is 0.407 e. The lowest BCUT2D eigenvalue weighted by Crippen LogP contribution is -2.51. The summed E-state index contributed by atoms with van der Waals surface area (Å²) in [5.41, 5.74) is -0.777. The highest BCUT2D eigenvalue weighted by atomic mass is 32.2. The lowest BCUT2D eigenvalue weighted by Gasteiger charge is -2.31. The number of aliphatic hydroxyl groups is 1. The van der Waals surface area contributed by atoms with E-state index in [-0.39, 0.29) is 10.7 Å². The fraction of sp³-hybridized carbons (Fsp3) is 0.480. The highest BCUT2D eigenvalue weighted by Crippen LogP contribution is 2.22. The van der Waals surface area contributed by atoms with Gasteiger partial charge in [0.2, 0.25) is 10.0 Å². The van der Waals surface area contributed by atoms with Crippen LogP contribution in [-0.2, 0) is 21.2 Å². The minimum Gasteiger partial charge on any atom is -0.444 e. The van der Waals surface area contributed by atoms with E-state index in [9.17, 15) is 28.4 Å². The number of nitrogens with zero attached hydrogens (tertiary/aromatic N) is 2. The molecule has 36 heavy (non-hydrogen) atoms. The Labute approximate surface area is 220 Å². The second-order valence-electron chi connectivity index (χ2n) is 9.03. The number of alkyl carbamates (subject to hydrolysis) is 1. The number of sulfonamides is 1. The summed E-state index contributed by atoms with van der Waals surface area (Å²) in [6.07, 6.45) is -2.87. The van der Waals surface area contributed by atoms with Gasteiger partial charge in [-0.15, -0.1) is 0 Å². The summed E-state index contributed by atoms with van der Waals surface area (Å²) < 4.78 is 81.7. The number of rotatable bonds is 11. The molecule has 0 radical (unpaired) electrons. The molecule has 0 spiro atoms. The molecule has 1 unspecified atom stereocenters. The standard InChI is InChI=1S/C25H35N3O7S/c1-18(2)16-27(36(33,34)21-13-11-20(12-14-21)28(31)32)17-23(29)22(15-19-9-7-6-8-10-19)26-24(30)35-25(3,4)5/h6-14,18,22-23,29H,15-17H2,1-5H3,(H,26,30)/t22-,23+/m0/s1/i1D3,16D2,18D/t18?,22-,23+. The summed E-state index contributed by atoms with van der Waals surface area (Å²) in [5, 5.41) is 24.8. The van der Waals surface area contributed by atoms with Crippen LogP contribution in [0.15, 0.2) is 59.5 Å². The number of hydrogen-bond acceptors (Lipinski definition) is 7. The summed E-state index contributed by atoms with van der Waals surface area (Å²) >= 11 is 0. The number of hydrogen-bond donors (Lipinski definition) is 2. The Morgan fingerprint density at radius 2 is 1.86 bits per heavy atom. The van der Waals surface area contributed by atoms with Crippen molar-refractivity contribution in [1.82, 2.24) is 9.62 Å². The van der Waals surface area contributed by atoms with Crippen molar-refractivity contribution in [3.05, 3.63) is 70.3 Å². The third-order valence-electron chi connectivity index (χ3n) is 4.75. The molecular weight excluding hydrogens is 486 g/mol. The quantitative estimate of drug-likeness (QED) is 0.335. The number of nitro groups is 1. The maximum absolute atomic E-state index is 13.8. The van der Waals surface area contributed by atoms with Crippen LogP contribution in [0.5, 0.6) is 0 Å². The molecule has 0 saturated carbocycles.